The lowest BCUT2D eigenvalue weighted by Gasteiger charge is -2.12. The van der Waals surface area contributed by atoms with Crippen LogP contribution in [0.15, 0.2) is 54.1 Å². The number of rotatable bonds is 8. The van der Waals surface area contributed by atoms with Crippen molar-refractivity contribution in [1.29, 1.82) is 5.41 Å². The van der Waals surface area contributed by atoms with E-state index < -0.39 is 23.6 Å². The Bertz CT molecular complexity index is 895. The summed E-state index contributed by atoms with van der Waals surface area (Å²) in [5.41, 5.74) is 6.07. The van der Waals surface area contributed by atoms with Crippen molar-refractivity contribution in [3.8, 4) is 5.69 Å². The lowest BCUT2D eigenvalue weighted by molar-refractivity contribution is -0.137. The Morgan fingerprint density at radius 2 is 1.96 bits per heavy atom. The van der Waals surface area contributed by atoms with Gasteiger partial charge in [-0.2, -0.15) is 0 Å². The molecule has 1 amide bonds. The van der Waals surface area contributed by atoms with E-state index in [1.807, 2.05) is 0 Å². The smallest absolute Gasteiger partial charge is 0.333 e. The Balaban J connectivity index is 2.12. The quantitative estimate of drug-likeness (QED) is 0.300. The summed E-state index contributed by atoms with van der Waals surface area (Å²) in [6.45, 7) is 3.23. The monoisotopic (exact) mass is 357 g/mol. The van der Waals surface area contributed by atoms with Crippen molar-refractivity contribution in [2.24, 2.45) is 5.73 Å². The maximum absolute atomic E-state index is 12.4. The van der Waals surface area contributed by atoms with Crippen molar-refractivity contribution in [1.82, 2.24) is 14.5 Å². The highest BCUT2D eigenvalue weighted by Crippen LogP contribution is 2.07. The molecule has 2 rings (SSSR count). The molecule has 1 aromatic carbocycles. The van der Waals surface area contributed by atoms with Crippen LogP contribution in [0, 0.1) is 5.41 Å². The molecular weight excluding hydrogens is 338 g/mol. The predicted octanol–water partition coefficient (Wildman–Crippen LogP) is 0.0686. The molecule has 0 aliphatic heterocycles. The summed E-state index contributed by atoms with van der Waals surface area (Å²) in [7, 11) is 0. The summed E-state index contributed by atoms with van der Waals surface area (Å²) in [6, 6.07) is 5.81. The van der Waals surface area contributed by atoms with E-state index in [9.17, 15) is 14.4 Å². The number of amidine groups is 1. The van der Waals surface area contributed by atoms with E-state index in [0.29, 0.717) is 11.3 Å². The first-order valence-electron chi connectivity index (χ1n) is 7.68. The van der Waals surface area contributed by atoms with Crippen LogP contribution in [0.2, 0.25) is 0 Å². The summed E-state index contributed by atoms with van der Waals surface area (Å²) < 4.78 is 2.55. The highest BCUT2D eigenvalue weighted by molar-refractivity contribution is 5.95. The van der Waals surface area contributed by atoms with Crippen LogP contribution in [-0.4, -0.2) is 38.0 Å². The van der Waals surface area contributed by atoms with Crippen LogP contribution in [0.25, 0.3) is 5.69 Å². The molecule has 0 bridgehead atoms. The molecule has 5 N–H and O–H groups in total. The first kappa shape index (κ1) is 18.7. The number of aliphatic carboxylic acids is 1. The second-order valence-electron chi connectivity index (χ2n) is 5.55. The number of benzene rings is 1. The van der Waals surface area contributed by atoms with E-state index in [0.717, 1.165) is 0 Å². The van der Waals surface area contributed by atoms with E-state index in [1.54, 1.807) is 24.3 Å². The van der Waals surface area contributed by atoms with Gasteiger partial charge in [0.2, 0.25) is 5.91 Å². The molecule has 1 aromatic heterocycles. The number of imidazole rings is 1. The van der Waals surface area contributed by atoms with Crippen LogP contribution < -0.4 is 16.7 Å². The van der Waals surface area contributed by atoms with Crippen molar-refractivity contribution in [2.75, 3.05) is 0 Å². The molecule has 0 aliphatic carbocycles. The summed E-state index contributed by atoms with van der Waals surface area (Å²) >= 11 is 0. The van der Waals surface area contributed by atoms with Gasteiger partial charge >= 0.3 is 11.7 Å². The zero-order valence-electron chi connectivity index (χ0n) is 13.9. The molecule has 0 radical (unpaired) electrons. The fraction of sp³-hybridized carbons (Fsp3) is 0.176. The highest BCUT2D eigenvalue weighted by atomic mass is 16.4. The average Bonchev–Trinajstić information content (AvgIpc) is 2.94. The molecule has 0 spiro atoms. The molecule has 26 heavy (non-hydrogen) atoms. The van der Waals surface area contributed by atoms with Gasteiger partial charge in [-0.15, -0.1) is 6.58 Å². The van der Waals surface area contributed by atoms with E-state index in [-0.39, 0.29) is 18.8 Å². The van der Waals surface area contributed by atoms with Crippen molar-refractivity contribution in [3.05, 3.63) is 65.4 Å². The molecule has 136 valence electrons. The van der Waals surface area contributed by atoms with E-state index in [4.69, 9.17) is 16.2 Å². The van der Waals surface area contributed by atoms with Gasteiger partial charge in [0, 0.05) is 18.0 Å². The highest BCUT2D eigenvalue weighted by Gasteiger charge is 2.14. The van der Waals surface area contributed by atoms with Gasteiger partial charge in [-0.25, -0.2) is 4.79 Å². The zero-order valence-corrected chi connectivity index (χ0v) is 13.9. The van der Waals surface area contributed by atoms with Crippen molar-refractivity contribution >= 4 is 17.7 Å². The average molecular weight is 357 g/mol. The Morgan fingerprint density at radius 3 is 2.50 bits per heavy atom. The van der Waals surface area contributed by atoms with Gasteiger partial charge in [0.15, 0.2) is 0 Å². The number of aromatic nitrogens is 2. The maximum atomic E-state index is 12.4. The Kier molecular flexibility index (Phi) is 5.74. The minimum absolute atomic E-state index is 0.0729. The van der Waals surface area contributed by atoms with Gasteiger partial charge in [-0.3, -0.25) is 24.1 Å². The standard InChI is InChI=1S/C17H19N5O4/c1-2-12(9-15(24)25)20-14(23)10-21-7-8-22(17(21)26)13-5-3-11(4-6-13)16(18)19/h2-8,12H,1,9-10H2,(H3,18,19)(H,20,23)(H,24,25)/t12-/m1/s1. The second kappa shape index (κ2) is 7.97. The Hall–Kier alpha value is -3.62. The molecule has 0 unspecified atom stereocenters. The van der Waals surface area contributed by atoms with Gasteiger partial charge in [0.25, 0.3) is 0 Å². The first-order valence-corrected chi connectivity index (χ1v) is 7.68. The van der Waals surface area contributed by atoms with Crippen molar-refractivity contribution < 1.29 is 14.7 Å². The van der Waals surface area contributed by atoms with E-state index in [2.05, 4.69) is 11.9 Å². The van der Waals surface area contributed by atoms with E-state index in [1.165, 1.54) is 27.6 Å². The number of nitrogens with zero attached hydrogens (tertiary/aromatic N) is 2. The lowest BCUT2D eigenvalue weighted by Crippen LogP contribution is -2.39. The topological polar surface area (TPSA) is 143 Å². The molecule has 0 saturated carbocycles. The fourth-order valence-electron chi connectivity index (χ4n) is 2.32. The van der Waals surface area contributed by atoms with Gasteiger partial charge in [0.05, 0.1) is 18.2 Å². The molecule has 9 nitrogen and oxygen atoms in total. The fourth-order valence-corrected chi connectivity index (χ4v) is 2.32. The number of hydrogen-bond acceptors (Lipinski definition) is 4. The Morgan fingerprint density at radius 1 is 1.31 bits per heavy atom. The summed E-state index contributed by atoms with van der Waals surface area (Å²) in [6.07, 6.45) is 4.02. The molecule has 1 atom stereocenters. The van der Waals surface area contributed by atoms with Gasteiger partial charge < -0.3 is 16.2 Å². The number of hydrogen-bond donors (Lipinski definition) is 4. The van der Waals surface area contributed by atoms with Crippen LogP contribution in [0.1, 0.15) is 12.0 Å². The molecule has 1 heterocycles. The largest absolute Gasteiger partial charge is 0.481 e. The third kappa shape index (κ3) is 4.47. The van der Waals surface area contributed by atoms with Crippen molar-refractivity contribution in [2.45, 2.75) is 19.0 Å². The zero-order chi connectivity index (χ0) is 19.3. The lowest BCUT2D eigenvalue weighted by atomic mass is 10.2. The normalized spacial score (nSPS) is 11.5. The maximum Gasteiger partial charge on any atom is 0.333 e. The Labute approximate surface area is 148 Å². The number of carboxylic acid groups (broad SMARTS) is 1. The molecule has 0 fully saturated rings. The summed E-state index contributed by atoms with van der Waals surface area (Å²) in [4.78, 5) is 35.2. The van der Waals surface area contributed by atoms with Gasteiger partial charge in [-0.05, 0) is 24.3 Å². The molecular formula is C17H19N5O4. The molecule has 9 heteroatoms. The number of carboxylic acids is 1. The predicted molar refractivity (Wildman–Crippen MR) is 95.4 cm³/mol. The van der Waals surface area contributed by atoms with E-state index >= 15 is 0 Å². The number of amides is 1. The second-order valence-corrected chi connectivity index (χ2v) is 5.55. The van der Waals surface area contributed by atoms with Crippen LogP contribution in [0.4, 0.5) is 0 Å². The summed E-state index contributed by atoms with van der Waals surface area (Å²) in [5.74, 6) is -1.63. The molecule has 2 aromatic rings. The minimum atomic E-state index is -1.06. The summed E-state index contributed by atoms with van der Waals surface area (Å²) in [5, 5.41) is 18.6. The van der Waals surface area contributed by atoms with Crippen LogP contribution >= 0.6 is 0 Å². The van der Waals surface area contributed by atoms with Crippen LogP contribution in [0.3, 0.4) is 0 Å². The third-order valence-corrected chi connectivity index (χ3v) is 3.64. The van der Waals surface area contributed by atoms with Gasteiger partial charge in [-0.1, -0.05) is 6.08 Å². The van der Waals surface area contributed by atoms with Crippen LogP contribution in [-0.2, 0) is 16.1 Å². The number of carbonyl (C=O) groups excluding carboxylic acids is 1. The van der Waals surface area contributed by atoms with Crippen molar-refractivity contribution in [3.63, 3.8) is 0 Å². The third-order valence-electron chi connectivity index (χ3n) is 3.64. The SMILES string of the molecule is C=C[C@H](CC(=O)O)NC(=O)Cn1ccn(-c2ccc(C(=N)N)cc2)c1=O. The minimum Gasteiger partial charge on any atom is -0.481 e. The number of nitrogens with two attached hydrogens (primary N) is 1. The molecule has 0 saturated heterocycles. The number of nitrogens with one attached hydrogen (secondary N) is 2. The van der Waals surface area contributed by atoms with Crippen LogP contribution in [0.5, 0.6) is 0 Å². The molecule has 0 aliphatic rings. The first-order chi connectivity index (χ1) is 12.3. The number of nitrogen functional groups attached to an aromatic ring is 1. The van der Waals surface area contributed by atoms with Gasteiger partial charge in [0.1, 0.15) is 12.4 Å². The number of carbonyl (C=O) groups is 2.